The number of aromatic nitrogens is 2. The Morgan fingerprint density at radius 2 is 2.43 bits per heavy atom. The van der Waals surface area contributed by atoms with Gasteiger partial charge in [0.2, 0.25) is 5.95 Å². The van der Waals surface area contributed by atoms with Crippen LogP contribution in [0.2, 0.25) is 0 Å². The summed E-state index contributed by atoms with van der Waals surface area (Å²) in [5, 5.41) is 12.3. The van der Waals surface area contributed by atoms with E-state index in [-0.39, 0.29) is 0 Å². The van der Waals surface area contributed by atoms with Gasteiger partial charge in [0.15, 0.2) is 0 Å². The van der Waals surface area contributed by atoms with Crippen molar-refractivity contribution in [2.24, 2.45) is 16.6 Å². The van der Waals surface area contributed by atoms with Crippen LogP contribution in [0.5, 0.6) is 0 Å². The Morgan fingerprint density at radius 1 is 1.65 bits per heavy atom. The van der Waals surface area contributed by atoms with Gasteiger partial charge in [-0.15, -0.1) is 0 Å². The zero-order valence-electron chi connectivity index (χ0n) is 27.8. The van der Waals surface area contributed by atoms with Crippen molar-refractivity contribution in [1.29, 1.82) is 0 Å². The van der Waals surface area contributed by atoms with Crippen molar-refractivity contribution in [3.8, 4) is 0 Å². The summed E-state index contributed by atoms with van der Waals surface area (Å²) in [4.78, 5) is 21.7. The quantitative estimate of drug-likeness (QED) is 0.662. The van der Waals surface area contributed by atoms with E-state index in [1.807, 2.05) is 5.32 Å². The number of rotatable bonds is 3. The van der Waals surface area contributed by atoms with E-state index in [4.69, 9.17) is 27.7 Å². The van der Waals surface area contributed by atoms with E-state index in [0.717, 1.165) is 0 Å². The topological polar surface area (TPSA) is 116 Å². The van der Waals surface area contributed by atoms with Crippen molar-refractivity contribution in [3.63, 3.8) is 0 Å². The van der Waals surface area contributed by atoms with Gasteiger partial charge < -0.3 is 21.1 Å². The number of aliphatic hydroxyl groups is 1. The van der Waals surface area contributed by atoms with Crippen molar-refractivity contribution in [2.45, 2.75) is 64.3 Å². The van der Waals surface area contributed by atoms with Crippen molar-refractivity contribution < 1.29 is 31.8 Å². The number of nitrogens with two attached hydrogens (primary N) is 1. The molecular weight excluding hydrogens is 294 g/mol. The van der Waals surface area contributed by atoms with E-state index in [1.165, 1.54) is 0 Å². The molecule has 1 aliphatic carbocycles. The molecule has 0 aliphatic heterocycles. The number of carbonyl (C=O) groups is 1. The van der Waals surface area contributed by atoms with E-state index < -0.39 is 99.3 Å². The zero-order valence-corrected chi connectivity index (χ0v) is 11.8. The average molecular weight is 338 g/mol. The lowest BCUT2D eigenvalue weighted by molar-refractivity contribution is 0.0704. The maximum atomic E-state index is 12.1. The summed E-state index contributed by atoms with van der Waals surface area (Å²) in [5.74, 6) is -4.09. The van der Waals surface area contributed by atoms with Crippen LogP contribution in [-0.4, -0.2) is 38.7 Å². The number of aromatic amines is 1. The number of nitrogens with one attached hydrogen (secondary N) is 2. The van der Waals surface area contributed by atoms with Crippen LogP contribution in [0.1, 0.15) is 78.9 Å². The number of hydrogen-bond donors (Lipinski definition) is 4. The third-order valence-corrected chi connectivity index (χ3v) is 2.86. The SMILES string of the molecule is [2H]c1nc(NC(C([2H])([2H])[2H])(C([2H])([2H])[2H])C([2H])([2H])[2H])[nH]c(=NC2C([2H])C([2H])C(C([2H])([2H])[2H])C(O)C2[2H])c1C(N)=O. The minimum Gasteiger partial charge on any atom is -0.393 e. The summed E-state index contributed by atoms with van der Waals surface area (Å²) in [6.07, 6.45) is -8.39. The number of H-pyrrole nitrogens is 1. The first-order chi connectivity index (χ1) is 17.3. The Bertz CT molecular complexity index is 1090. The minimum atomic E-state index is -3.73. The Labute approximate surface area is 158 Å². The van der Waals surface area contributed by atoms with Gasteiger partial charge >= 0.3 is 0 Å². The predicted molar refractivity (Wildman–Crippen MR) is 88.9 cm³/mol. The molecule has 7 heteroatoms. The molecule has 6 unspecified atom stereocenters. The van der Waals surface area contributed by atoms with E-state index in [1.54, 1.807) is 0 Å². The van der Waals surface area contributed by atoms with Crippen molar-refractivity contribution >= 4 is 11.9 Å². The summed E-state index contributed by atoms with van der Waals surface area (Å²) in [7, 11) is 0. The highest BCUT2D eigenvalue weighted by molar-refractivity contribution is 5.92. The monoisotopic (exact) mass is 337 g/mol. The lowest BCUT2D eigenvalue weighted by Crippen LogP contribution is -2.34. The Hall–Kier alpha value is -1.89. The second-order valence-corrected chi connectivity index (χ2v) is 4.87. The van der Waals surface area contributed by atoms with Crippen LogP contribution in [-0.2, 0) is 0 Å². The first-order valence-electron chi connectivity index (χ1n) is 14.7. The van der Waals surface area contributed by atoms with Crippen molar-refractivity contribution in [3.05, 3.63) is 17.2 Å². The number of hydrogen-bond acceptors (Lipinski definition) is 5. The number of primary amides is 1. The van der Waals surface area contributed by atoms with Gasteiger partial charge in [0.05, 0.1) is 19.1 Å². The minimum absolute atomic E-state index is 0.772. The summed E-state index contributed by atoms with van der Waals surface area (Å²) >= 11 is 0. The van der Waals surface area contributed by atoms with Crippen LogP contribution in [0, 0.1) is 5.92 Å². The third-order valence-electron chi connectivity index (χ3n) is 2.86. The molecule has 1 aliphatic rings. The molecule has 1 amide bonds. The number of nitrogens with zero attached hydrogens (tertiary/aromatic N) is 2. The maximum Gasteiger partial charge on any atom is 0.254 e. The Balaban J connectivity index is 2.82. The highest BCUT2D eigenvalue weighted by atomic mass is 16.3. The molecule has 23 heavy (non-hydrogen) atoms. The summed E-state index contributed by atoms with van der Waals surface area (Å²) in [6.45, 7) is -14.1. The molecule has 1 fully saturated rings. The van der Waals surface area contributed by atoms with Gasteiger partial charge in [-0.1, -0.05) is 6.85 Å². The van der Waals surface area contributed by atoms with E-state index in [9.17, 15) is 9.90 Å². The molecule has 1 aromatic rings. The van der Waals surface area contributed by atoms with Gasteiger partial charge in [0, 0.05) is 32.3 Å². The molecule has 6 atom stereocenters. The molecule has 2 rings (SSSR count). The van der Waals surface area contributed by atoms with E-state index in [0.29, 0.717) is 0 Å². The predicted octanol–water partition coefficient (Wildman–Crippen LogP) is 1.17. The molecular formula is C16H27N5O2. The second-order valence-electron chi connectivity index (χ2n) is 4.87. The van der Waals surface area contributed by atoms with Crippen molar-refractivity contribution in [2.75, 3.05) is 5.32 Å². The molecule has 0 spiro atoms. The molecule has 1 aromatic heterocycles. The molecule has 0 saturated heterocycles. The molecule has 1 saturated carbocycles. The van der Waals surface area contributed by atoms with Crippen molar-refractivity contribution in [1.82, 2.24) is 9.97 Å². The lowest BCUT2D eigenvalue weighted by atomic mass is 9.85. The molecule has 0 bridgehead atoms. The molecule has 128 valence electrons. The van der Waals surface area contributed by atoms with Gasteiger partial charge in [-0.2, -0.15) is 0 Å². The van der Waals surface area contributed by atoms with Crippen LogP contribution in [0.3, 0.4) is 0 Å². The van der Waals surface area contributed by atoms with Gasteiger partial charge in [-0.3, -0.25) is 9.79 Å². The largest absolute Gasteiger partial charge is 0.393 e. The van der Waals surface area contributed by atoms with E-state index in [2.05, 4.69) is 15.0 Å². The van der Waals surface area contributed by atoms with Crippen LogP contribution in [0.25, 0.3) is 0 Å². The van der Waals surface area contributed by atoms with Gasteiger partial charge in [0.25, 0.3) is 5.91 Å². The van der Waals surface area contributed by atoms with Crippen LogP contribution in [0.4, 0.5) is 5.95 Å². The summed E-state index contributed by atoms with van der Waals surface area (Å²) in [5.41, 5.74) is 0.0698. The summed E-state index contributed by atoms with van der Waals surface area (Å²) < 4.78 is 125. The Kier molecular flexibility index (Phi) is 1.71. The first-order valence-corrected chi connectivity index (χ1v) is 6.47. The lowest BCUT2D eigenvalue weighted by Gasteiger charge is -2.28. The molecule has 0 radical (unpaired) electrons. The fourth-order valence-electron chi connectivity index (χ4n) is 1.84. The Morgan fingerprint density at radius 3 is 3.09 bits per heavy atom. The number of anilines is 1. The highest BCUT2D eigenvalue weighted by Crippen LogP contribution is 2.25. The fourth-order valence-corrected chi connectivity index (χ4v) is 1.84. The van der Waals surface area contributed by atoms with Gasteiger partial charge in [-0.25, -0.2) is 4.98 Å². The molecule has 5 N–H and O–H groups in total. The van der Waals surface area contributed by atoms with Crippen LogP contribution >= 0.6 is 0 Å². The zero-order chi connectivity index (χ0) is 30.7. The second kappa shape index (κ2) is 6.70. The normalized spacial score (nSPS) is 48.1. The standard InChI is InChI=1S/C16H27N5O2/c1-9-5-6-10(7-12(9)22)19-14-11(13(17)23)8-18-15(20-14)21-16(2,3)4/h8-10,12,22H,5-7H2,1-4H3,(H2,17,23)(H2,18,19,20,21)/i1D3,2D3,3D3,4D3,5D,6D,7D,8D. The summed E-state index contributed by atoms with van der Waals surface area (Å²) in [6, 6.07) is -1.71. The maximum absolute atomic E-state index is 12.1. The van der Waals surface area contributed by atoms with E-state index >= 15 is 0 Å². The molecule has 1 heterocycles. The number of amides is 1. The smallest absolute Gasteiger partial charge is 0.254 e. The van der Waals surface area contributed by atoms with Gasteiger partial charge in [0.1, 0.15) is 5.49 Å². The molecule has 0 aromatic carbocycles. The van der Waals surface area contributed by atoms with Crippen LogP contribution in [0.15, 0.2) is 11.2 Å². The van der Waals surface area contributed by atoms with Crippen LogP contribution < -0.4 is 16.5 Å². The molecule has 7 nitrogen and oxygen atoms in total. The first kappa shape index (κ1) is 5.88. The van der Waals surface area contributed by atoms with Gasteiger partial charge in [-0.05, 0) is 45.7 Å². The highest BCUT2D eigenvalue weighted by Gasteiger charge is 2.26. The number of carbonyl (C=O) groups excluding carboxylic acids is 1. The third kappa shape index (κ3) is 4.79. The fraction of sp³-hybridized carbons (Fsp3) is 0.688. The number of aliphatic hydroxyl groups excluding tert-OH is 1. The average Bonchev–Trinajstić information content (AvgIpc) is 2.69.